The molecule has 0 aromatic rings. The Kier molecular flexibility index (Phi) is 56.7. The minimum atomic E-state index is -1.62. The van der Waals surface area contributed by atoms with Crippen LogP contribution in [0.3, 0.4) is 0 Å². The first-order valence-corrected chi connectivity index (χ1v) is 32.8. The second-order valence-corrected chi connectivity index (χ2v) is 23.8. The Balaban J connectivity index is 3.98. The topological polar surface area (TPSA) is 111 Å². The molecular weight excluding hydrogens is 935 g/mol. The van der Waals surface area contributed by atoms with Crippen molar-refractivity contribution in [1.29, 1.82) is 0 Å². The molecule has 0 aliphatic rings. The van der Waals surface area contributed by atoms with Crippen LogP contribution in [0, 0.1) is 0 Å². The number of rotatable bonds is 62. The molecule has 0 aromatic carbocycles. The van der Waals surface area contributed by atoms with E-state index in [0.29, 0.717) is 17.4 Å². The number of likely N-dealkylation sites (N-methyl/N-ethyl adjacent to an activating group) is 1. The van der Waals surface area contributed by atoms with Crippen LogP contribution in [-0.4, -0.2) is 82.3 Å². The molecule has 9 heteroatoms. The van der Waals surface area contributed by atoms with Crippen LogP contribution >= 0.6 is 0 Å². The zero-order chi connectivity index (χ0) is 54.8. The molecule has 0 bridgehead atoms. The van der Waals surface area contributed by atoms with Crippen molar-refractivity contribution < 1.29 is 42.9 Å². The number of carboxylic acid groups (broad SMARTS) is 1. The first-order valence-electron chi connectivity index (χ1n) is 32.8. The molecule has 0 aliphatic carbocycles. The van der Waals surface area contributed by atoms with E-state index in [-0.39, 0.29) is 32.2 Å². The van der Waals surface area contributed by atoms with Crippen molar-refractivity contribution in [2.24, 2.45) is 0 Å². The standard InChI is InChI=1S/C66H127NO8/c1-6-8-10-12-14-16-18-20-22-23-24-25-26-27-28-29-30-31-32-33-34-35-36-37-38-39-40-41-43-45-47-49-51-53-55-57-64(69)75-62(61-74-66(65(70)71)72-59-58-67(3,4)5)60-73-63(68)56-54-52-50-48-46-44-42-21-19-17-15-13-11-9-7-2/h23-24,62,66H,6-22,25-61H2,1-5H3/b24-23-. The molecule has 0 saturated heterocycles. The van der Waals surface area contributed by atoms with E-state index >= 15 is 0 Å². The third-order valence-electron chi connectivity index (χ3n) is 15.0. The van der Waals surface area contributed by atoms with E-state index in [2.05, 4.69) is 26.0 Å². The highest BCUT2D eigenvalue weighted by Crippen LogP contribution is 2.18. The Morgan fingerprint density at radius 2 is 0.680 bits per heavy atom. The van der Waals surface area contributed by atoms with E-state index in [0.717, 1.165) is 38.5 Å². The van der Waals surface area contributed by atoms with Crippen molar-refractivity contribution in [3.8, 4) is 0 Å². The molecule has 2 atom stereocenters. The Hall–Kier alpha value is -1.97. The van der Waals surface area contributed by atoms with Gasteiger partial charge in [-0.2, -0.15) is 0 Å². The molecule has 0 saturated carbocycles. The van der Waals surface area contributed by atoms with Gasteiger partial charge in [0.1, 0.15) is 13.2 Å². The van der Waals surface area contributed by atoms with Gasteiger partial charge < -0.3 is 33.3 Å². The summed E-state index contributed by atoms with van der Waals surface area (Å²) in [6.07, 6.45) is 65.8. The van der Waals surface area contributed by atoms with Gasteiger partial charge in [0.15, 0.2) is 12.4 Å². The molecule has 0 aliphatic heterocycles. The highest BCUT2D eigenvalue weighted by atomic mass is 16.7. The van der Waals surface area contributed by atoms with Crippen LogP contribution in [0.2, 0.25) is 0 Å². The summed E-state index contributed by atoms with van der Waals surface area (Å²) in [7, 11) is 5.94. The smallest absolute Gasteiger partial charge is 0.306 e. The van der Waals surface area contributed by atoms with Crippen LogP contribution in [0.25, 0.3) is 0 Å². The van der Waals surface area contributed by atoms with Gasteiger partial charge in [0.05, 0.1) is 40.3 Å². The number of ether oxygens (including phenoxy) is 4. The third kappa shape index (κ3) is 59.5. The number of esters is 2. The predicted molar refractivity (Wildman–Crippen MR) is 316 cm³/mol. The molecule has 444 valence electrons. The van der Waals surface area contributed by atoms with Crippen LogP contribution in [0.5, 0.6) is 0 Å². The molecule has 0 fully saturated rings. The van der Waals surface area contributed by atoms with Crippen molar-refractivity contribution >= 4 is 17.9 Å². The number of carbonyl (C=O) groups is 3. The minimum absolute atomic E-state index is 0.153. The fourth-order valence-corrected chi connectivity index (χ4v) is 9.95. The SMILES string of the molecule is CCCCCCCCCC/C=C\CCCCCCCCCCCCCCCCCCCCCCCCCC(=O)OC(COC(=O)CCCCCCCCCCCCCCCCC)COC(OCC[N+](C)(C)C)C(=O)[O-]. The summed E-state index contributed by atoms with van der Waals surface area (Å²) < 4.78 is 22.7. The minimum Gasteiger partial charge on any atom is -0.545 e. The maximum atomic E-state index is 12.9. The lowest BCUT2D eigenvalue weighted by Crippen LogP contribution is -2.44. The van der Waals surface area contributed by atoms with Crippen LogP contribution in [-0.2, 0) is 33.3 Å². The highest BCUT2D eigenvalue weighted by molar-refractivity contribution is 5.70. The molecule has 0 heterocycles. The molecule has 75 heavy (non-hydrogen) atoms. The van der Waals surface area contributed by atoms with E-state index in [4.69, 9.17) is 18.9 Å². The number of carbonyl (C=O) groups excluding carboxylic acids is 3. The fourth-order valence-electron chi connectivity index (χ4n) is 9.95. The molecule has 0 N–H and O–H groups in total. The Morgan fingerprint density at radius 1 is 0.387 bits per heavy atom. The van der Waals surface area contributed by atoms with E-state index in [1.165, 1.54) is 270 Å². The number of hydrogen-bond donors (Lipinski definition) is 0. The number of allylic oxidation sites excluding steroid dienone is 2. The Labute approximate surface area is 465 Å². The van der Waals surface area contributed by atoms with E-state index < -0.39 is 24.3 Å². The molecular formula is C66H127NO8. The third-order valence-corrected chi connectivity index (χ3v) is 15.0. The molecule has 0 radical (unpaired) electrons. The van der Waals surface area contributed by atoms with Crippen LogP contribution in [0.15, 0.2) is 12.2 Å². The van der Waals surface area contributed by atoms with Crippen LogP contribution in [0.1, 0.15) is 335 Å². The number of hydrogen-bond acceptors (Lipinski definition) is 8. The van der Waals surface area contributed by atoms with Gasteiger partial charge in [-0.05, 0) is 38.5 Å². The van der Waals surface area contributed by atoms with Gasteiger partial charge in [0.2, 0.25) is 0 Å². The molecule has 0 aromatic heterocycles. The summed E-state index contributed by atoms with van der Waals surface area (Å²) in [5.74, 6) is -2.25. The summed E-state index contributed by atoms with van der Waals surface area (Å²) in [6.45, 7) is 4.81. The summed E-state index contributed by atoms with van der Waals surface area (Å²) >= 11 is 0. The number of carboxylic acids is 1. The van der Waals surface area contributed by atoms with E-state index in [1.807, 2.05) is 21.1 Å². The fraction of sp³-hybridized carbons (Fsp3) is 0.924. The van der Waals surface area contributed by atoms with Gasteiger partial charge in [-0.15, -0.1) is 0 Å². The van der Waals surface area contributed by atoms with Crippen molar-refractivity contribution in [3.63, 3.8) is 0 Å². The number of unbranched alkanes of at least 4 members (excludes halogenated alkanes) is 45. The first kappa shape index (κ1) is 73.0. The zero-order valence-electron chi connectivity index (χ0n) is 50.7. The lowest BCUT2D eigenvalue weighted by atomic mass is 10.0. The average molecular weight is 1060 g/mol. The van der Waals surface area contributed by atoms with Crippen molar-refractivity contribution in [2.45, 2.75) is 347 Å². The van der Waals surface area contributed by atoms with Gasteiger partial charge in [-0.1, -0.05) is 296 Å². The molecule has 2 unspecified atom stereocenters. The van der Waals surface area contributed by atoms with Gasteiger partial charge in [0, 0.05) is 12.8 Å². The second-order valence-electron chi connectivity index (χ2n) is 23.8. The normalized spacial score (nSPS) is 12.7. The highest BCUT2D eigenvalue weighted by Gasteiger charge is 2.22. The zero-order valence-corrected chi connectivity index (χ0v) is 50.7. The molecule has 0 rings (SSSR count). The lowest BCUT2D eigenvalue weighted by Gasteiger charge is -2.26. The number of aliphatic carboxylic acids is 1. The summed E-state index contributed by atoms with van der Waals surface area (Å²) in [4.78, 5) is 37.3. The lowest BCUT2D eigenvalue weighted by molar-refractivity contribution is -0.870. The van der Waals surface area contributed by atoms with Gasteiger partial charge in [-0.3, -0.25) is 9.59 Å². The van der Waals surface area contributed by atoms with Gasteiger partial charge in [0.25, 0.3) is 0 Å². The van der Waals surface area contributed by atoms with Crippen LogP contribution < -0.4 is 5.11 Å². The van der Waals surface area contributed by atoms with E-state index in [1.54, 1.807) is 0 Å². The monoisotopic (exact) mass is 1060 g/mol. The van der Waals surface area contributed by atoms with Gasteiger partial charge >= 0.3 is 11.9 Å². The molecule has 0 spiro atoms. The second kappa shape index (κ2) is 58.2. The number of nitrogens with zero attached hydrogens (tertiary/aromatic N) is 1. The van der Waals surface area contributed by atoms with Crippen molar-refractivity contribution in [2.75, 3.05) is 47.5 Å². The van der Waals surface area contributed by atoms with E-state index in [9.17, 15) is 19.5 Å². The maximum absolute atomic E-state index is 12.9. The summed E-state index contributed by atoms with van der Waals surface area (Å²) in [5.41, 5.74) is 0. The number of quaternary nitrogens is 1. The average Bonchev–Trinajstić information content (AvgIpc) is 3.38. The maximum Gasteiger partial charge on any atom is 0.306 e. The summed E-state index contributed by atoms with van der Waals surface area (Å²) in [6, 6.07) is 0. The predicted octanol–water partition coefficient (Wildman–Crippen LogP) is 18.4. The quantitative estimate of drug-likeness (QED) is 0.0195. The molecule has 0 amide bonds. The van der Waals surface area contributed by atoms with Crippen molar-refractivity contribution in [3.05, 3.63) is 12.2 Å². The first-order chi connectivity index (χ1) is 36.6. The molecule has 9 nitrogen and oxygen atoms in total. The summed E-state index contributed by atoms with van der Waals surface area (Å²) in [5, 5.41) is 11.8. The largest absolute Gasteiger partial charge is 0.545 e. The Bertz CT molecular complexity index is 1240. The van der Waals surface area contributed by atoms with Gasteiger partial charge in [-0.25, -0.2) is 0 Å². The van der Waals surface area contributed by atoms with Crippen LogP contribution in [0.4, 0.5) is 0 Å². The van der Waals surface area contributed by atoms with Crippen molar-refractivity contribution in [1.82, 2.24) is 0 Å². The Morgan fingerprint density at radius 3 is 0.987 bits per heavy atom.